The minimum absolute atomic E-state index is 0.160. The van der Waals surface area contributed by atoms with Gasteiger partial charge in [-0.3, -0.25) is 5.43 Å². The topological polar surface area (TPSA) is 55.3 Å². The Bertz CT molecular complexity index is 832. The molecule has 0 saturated carbocycles. The van der Waals surface area contributed by atoms with Crippen molar-refractivity contribution in [2.75, 3.05) is 0 Å². The smallest absolute Gasteiger partial charge is 0.184 e. The van der Waals surface area contributed by atoms with Crippen LogP contribution in [0.5, 0.6) is 0 Å². The molecule has 0 spiro atoms. The van der Waals surface area contributed by atoms with Crippen molar-refractivity contribution in [2.24, 2.45) is 17.9 Å². The van der Waals surface area contributed by atoms with Gasteiger partial charge in [0, 0.05) is 28.9 Å². The van der Waals surface area contributed by atoms with Crippen LogP contribution in [0.15, 0.2) is 47.6 Å². The lowest BCUT2D eigenvalue weighted by molar-refractivity contribution is 1.01. The summed E-state index contributed by atoms with van der Waals surface area (Å²) in [5.74, 6) is 0. The Balaban J connectivity index is 2.13. The normalized spacial score (nSPS) is 11.4. The third kappa shape index (κ3) is 2.12. The quantitative estimate of drug-likeness (QED) is 0.431. The van der Waals surface area contributed by atoms with Crippen LogP contribution in [-0.2, 0) is 7.05 Å². The van der Waals surface area contributed by atoms with Gasteiger partial charge in [0.15, 0.2) is 5.11 Å². The van der Waals surface area contributed by atoms with E-state index >= 15 is 0 Å². The zero-order chi connectivity index (χ0) is 14.1. The van der Waals surface area contributed by atoms with E-state index in [-0.39, 0.29) is 5.11 Å². The molecule has 0 fully saturated rings. The number of aromatic nitrogens is 1. The molecule has 0 amide bonds. The largest absolute Gasteiger partial charge is 0.375 e. The van der Waals surface area contributed by atoms with Crippen LogP contribution in [0.25, 0.3) is 21.8 Å². The molecule has 0 unspecified atom stereocenters. The molecule has 0 aliphatic rings. The number of nitrogens with one attached hydrogen (secondary N) is 1. The predicted octanol–water partition coefficient (Wildman–Crippen LogP) is 2.50. The number of nitrogens with zero attached hydrogens (tertiary/aromatic N) is 2. The third-order valence-corrected chi connectivity index (χ3v) is 3.42. The number of nitrogens with two attached hydrogens (primary N) is 1. The summed E-state index contributed by atoms with van der Waals surface area (Å²) in [6.07, 6.45) is 1.71. The van der Waals surface area contributed by atoms with Gasteiger partial charge in [0.05, 0.1) is 6.21 Å². The van der Waals surface area contributed by atoms with E-state index in [0.29, 0.717) is 0 Å². The molecule has 0 aliphatic carbocycles. The Morgan fingerprint density at radius 1 is 1.20 bits per heavy atom. The molecule has 20 heavy (non-hydrogen) atoms. The Morgan fingerprint density at radius 2 is 1.95 bits per heavy atom. The lowest BCUT2D eigenvalue weighted by atomic mass is 10.1. The number of hydrazone groups is 1. The van der Waals surface area contributed by atoms with Gasteiger partial charge < -0.3 is 10.3 Å². The lowest BCUT2D eigenvalue weighted by Crippen LogP contribution is -2.23. The summed E-state index contributed by atoms with van der Waals surface area (Å²) in [4.78, 5) is 0. The average molecular weight is 282 g/mol. The van der Waals surface area contributed by atoms with Crippen molar-refractivity contribution >= 4 is 45.4 Å². The van der Waals surface area contributed by atoms with E-state index in [0.717, 1.165) is 5.56 Å². The first-order valence-corrected chi connectivity index (χ1v) is 6.63. The second-order valence-corrected chi connectivity index (χ2v) is 5.03. The second kappa shape index (κ2) is 4.94. The van der Waals surface area contributed by atoms with E-state index in [9.17, 15) is 0 Å². The van der Waals surface area contributed by atoms with Crippen molar-refractivity contribution in [3.63, 3.8) is 0 Å². The van der Waals surface area contributed by atoms with Gasteiger partial charge in [0.25, 0.3) is 0 Å². The molecule has 3 N–H and O–H groups in total. The van der Waals surface area contributed by atoms with Crippen molar-refractivity contribution in [2.45, 2.75) is 0 Å². The molecule has 1 aromatic heterocycles. The van der Waals surface area contributed by atoms with Crippen LogP contribution in [0.1, 0.15) is 5.56 Å². The highest BCUT2D eigenvalue weighted by atomic mass is 32.1. The maximum atomic E-state index is 5.33. The fraction of sp³-hybridized carbons (Fsp3) is 0.0667. The van der Waals surface area contributed by atoms with Gasteiger partial charge in [-0.1, -0.05) is 24.3 Å². The van der Waals surface area contributed by atoms with Crippen LogP contribution >= 0.6 is 12.2 Å². The molecule has 0 radical (unpaired) electrons. The molecule has 2 aromatic carbocycles. The van der Waals surface area contributed by atoms with Gasteiger partial charge in [-0.05, 0) is 36.0 Å². The number of aryl methyl sites for hydroxylation is 1. The molecule has 4 nitrogen and oxygen atoms in total. The fourth-order valence-corrected chi connectivity index (χ4v) is 2.49. The van der Waals surface area contributed by atoms with Crippen molar-refractivity contribution in [3.05, 3.63) is 48.0 Å². The van der Waals surface area contributed by atoms with Gasteiger partial charge in [0.2, 0.25) is 0 Å². The zero-order valence-corrected chi connectivity index (χ0v) is 11.8. The lowest BCUT2D eigenvalue weighted by Gasteiger charge is -1.98. The fourth-order valence-electron chi connectivity index (χ4n) is 2.44. The second-order valence-electron chi connectivity index (χ2n) is 4.59. The van der Waals surface area contributed by atoms with Gasteiger partial charge in [-0.2, -0.15) is 5.10 Å². The van der Waals surface area contributed by atoms with Crippen LogP contribution in [0.2, 0.25) is 0 Å². The standard InChI is InChI=1S/C15H14N4S/c1-19-13-5-3-2-4-11(13)12-8-10(6-7-14(12)19)9-17-18-15(16)20/h2-9H,1H3,(H3,16,18,20). The van der Waals surface area contributed by atoms with E-state index in [4.69, 9.17) is 18.0 Å². The first-order chi connectivity index (χ1) is 9.66. The molecule has 100 valence electrons. The number of para-hydroxylation sites is 1. The van der Waals surface area contributed by atoms with E-state index < -0.39 is 0 Å². The van der Waals surface area contributed by atoms with Crippen molar-refractivity contribution in [1.82, 2.24) is 9.99 Å². The minimum atomic E-state index is 0.160. The average Bonchev–Trinajstić information content (AvgIpc) is 2.73. The Hall–Kier alpha value is -2.40. The van der Waals surface area contributed by atoms with Gasteiger partial charge in [-0.25, -0.2) is 0 Å². The molecule has 0 aliphatic heterocycles. The van der Waals surface area contributed by atoms with Crippen molar-refractivity contribution < 1.29 is 0 Å². The molecule has 0 bridgehead atoms. The summed E-state index contributed by atoms with van der Waals surface area (Å²) < 4.78 is 2.19. The molecule has 3 rings (SSSR count). The van der Waals surface area contributed by atoms with Crippen LogP contribution in [-0.4, -0.2) is 15.9 Å². The highest BCUT2D eigenvalue weighted by Crippen LogP contribution is 2.28. The number of hydrogen-bond acceptors (Lipinski definition) is 2. The number of thiocarbonyl (C=S) groups is 1. The van der Waals surface area contributed by atoms with E-state index in [2.05, 4.69) is 58.5 Å². The summed E-state index contributed by atoms with van der Waals surface area (Å²) in [6.45, 7) is 0. The zero-order valence-electron chi connectivity index (χ0n) is 11.0. The number of rotatable bonds is 2. The Labute approximate surface area is 121 Å². The minimum Gasteiger partial charge on any atom is -0.375 e. The van der Waals surface area contributed by atoms with E-state index in [1.54, 1.807) is 6.21 Å². The van der Waals surface area contributed by atoms with Crippen LogP contribution in [0, 0.1) is 0 Å². The van der Waals surface area contributed by atoms with Gasteiger partial charge in [-0.15, -0.1) is 0 Å². The highest BCUT2D eigenvalue weighted by Gasteiger charge is 2.07. The molecule has 3 aromatic rings. The molecular weight excluding hydrogens is 268 g/mol. The van der Waals surface area contributed by atoms with E-state index in [1.807, 2.05) is 6.07 Å². The number of fused-ring (bicyclic) bond motifs is 3. The van der Waals surface area contributed by atoms with E-state index in [1.165, 1.54) is 21.8 Å². The van der Waals surface area contributed by atoms with Crippen LogP contribution < -0.4 is 11.2 Å². The number of benzene rings is 2. The van der Waals surface area contributed by atoms with Gasteiger partial charge >= 0.3 is 0 Å². The van der Waals surface area contributed by atoms with Gasteiger partial charge in [0.1, 0.15) is 0 Å². The monoisotopic (exact) mass is 282 g/mol. The summed E-state index contributed by atoms with van der Waals surface area (Å²) in [5, 5.41) is 6.60. The Morgan fingerprint density at radius 3 is 2.75 bits per heavy atom. The summed E-state index contributed by atoms with van der Waals surface area (Å²) in [7, 11) is 2.08. The third-order valence-electron chi connectivity index (χ3n) is 3.33. The summed E-state index contributed by atoms with van der Waals surface area (Å²) in [5.41, 5.74) is 11.3. The van der Waals surface area contributed by atoms with Crippen LogP contribution in [0.4, 0.5) is 0 Å². The first kappa shape index (κ1) is 12.6. The maximum Gasteiger partial charge on any atom is 0.184 e. The number of hydrogen-bond donors (Lipinski definition) is 2. The Kier molecular flexibility index (Phi) is 3.12. The van der Waals surface area contributed by atoms with Crippen LogP contribution in [0.3, 0.4) is 0 Å². The molecular formula is C15H14N4S. The van der Waals surface area contributed by atoms with Crippen molar-refractivity contribution in [3.8, 4) is 0 Å². The summed E-state index contributed by atoms with van der Waals surface area (Å²) >= 11 is 4.70. The molecule has 0 saturated heterocycles. The SMILES string of the molecule is Cn1c2ccccc2c2cc(C=NNC(N)=S)ccc21. The molecule has 5 heteroatoms. The predicted molar refractivity (Wildman–Crippen MR) is 87.9 cm³/mol. The highest BCUT2D eigenvalue weighted by molar-refractivity contribution is 7.80. The molecule has 0 atom stereocenters. The maximum absolute atomic E-state index is 5.33. The summed E-state index contributed by atoms with van der Waals surface area (Å²) in [6, 6.07) is 14.6. The van der Waals surface area contributed by atoms with Crippen molar-refractivity contribution in [1.29, 1.82) is 0 Å². The first-order valence-electron chi connectivity index (χ1n) is 6.22. The molecule has 1 heterocycles.